The summed E-state index contributed by atoms with van der Waals surface area (Å²) >= 11 is 0. The molecule has 1 aromatic carbocycles. The first kappa shape index (κ1) is 16.5. The number of nitrogens with one attached hydrogen (secondary N) is 1. The Bertz CT molecular complexity index is 605. The predicted molar refractivity (Wildman–Crippen MR) is 80.3 cm³/mol. The number of hydrogen-bond acceptors (Lipinski definition) is 2. The van der Waals surface area contributed by atoms with Gasteiger partial charge in [-0.05, 0) is 32.1 Å². The van der Waals surface area contributed by atoms with Crippen molar-refractivity contribution in [2.45, 2.75) is 32.5 Å². The van der Waals surface area contributed by atoms with E-state index in [0.717, 1.165) is 37.1 Å². The zero-order valence-electron chi connectivity index (χ0n) is 12.7. The van der Waals surface area contributed by atoms with Crippen LogP contribution in [0.15, 0.2) is 30.5 Å². The van der Waals surface area contributed by atoms with Gasteiger partial charge in [-0.1, -0.05) is 25.5 Å². The molecule has 0 bridgehead atoms. The van der Waals surface area contributed by atoms with Crippen LogP contribution < -0.4 is 0 Å². The maximum Gasteiger partial charge on any atom is 0.416 e. The third kappa shape index (κ3) is 4.10. The molecule has 1 N–H and O–H groups in total. The molecule has 3 nitrogen and oxygen atoms in total. The highest BCUT2D eigenvalue weighted by molar-refractivity contribution is 5.63. The Morgan fingerprint density at radius 1 is 1.27 bits per heavy atom. The van der Waals surface area contributed by atoms with Crippen molar-refractivity contribution < 1.29 is 13.2 Å². The van der Waals surface area contributed by atoms with Gasteiger partial charge in [0.25, 0.3) is 0 Å². The Kier molecular flexibility index (Phi) is 5.24. The lowest BCUT2D eigenvalue weighted by molar-refractivity contribution is -0.137. The Labute approximate surface area is 128 Å². The molecule has 0 saturated carbocycles. The van der Waals surface area contributed by atoms with Crippen molar-refractivity contribution in [3.63, 3.8) is 0 Å². The summed E-state index contributed by atoms with van der Waals surface area (Å²) in [6, 6.07) is 5.32. The highest BCUT2D eigenvalue weighted by Crippen LogP contribution is 2.32. The summed E-state index contributed by atoms with van der Waals surface area (Å²) in [4.78, 5) is 2.14. The Morgan fingerprint density at radius 3 is 2.73 bits per heavy atom. The maximum absolute atomic E-state index is 12.8. The van der Waals surface area contributed by atoms with Crippen LogP contribution in [-0.2, 0) is 12.7 Å². The van der Waals surface area contributed by atoms with Crippen molar-refractivity contribution in [3.05, 3.63) is 41.6 Å². The predicted octanol–water partition coefficient (Wildman–Crippen LogP) is 4.33. The monoisotopic (exact) mass is 311 g/mol. The number of aromatic nitrogens is 2. The van der Waals surface area contributed by atoms with E-state index < -0.39 is 11.7 Å². The van der Waals surface area contributed by atoms with E-state index in [2.05, 4.69) is 22.0 Å². The molecule has 120 valence electrons. The smallest absolute Gasteiger partial charge is 0.302 e. The van der Waals surface area contributed by atoms with Gasteiger partial charge in [-0.15, -0.1) is 0 Å². The molecule has 2 aromatic rings. The fraction of sp³-hybridized carbons (Fsp3) is 0.438. The summed E-state index contributed by atoms with van der Waals surface area (Å²) in [7, 11) is 2.00. The van der Waals surface area contributed by atoms with E-state index in [1.165, 1.54) is 6.07 Å². The van der Waals surface area contributed by atoms with Crippen LogP contribution in [0.1, 0.15) is 30.9 Å². The molecule has 2 rings (SSSR count). The van der Waals surface area contributed by atoms with E-state index in [-0.39, 0.29) is 0 Å². The molecule has 0 aliphatic rings. The van der Waals surface area contributed by atoms with E-state index >= 15 is 0 Å². The van der Waals surface area contributed by atoms with Gasteiger partial charge in [0.15, 0.2) is 0 Å². The number of unbranched alkanes of at least 4 members (excludes halogenated alkanes) is 1. The quantitative estimate of drug-likeness (QED) is 0.861. The second kappa shape index (κ2) is 6.96. The Hall–Kier alpha value is -1.82. The van der Waals surface area contributed by atoms with Crippen LogP contribution >= 0.6 is 0 Å². The van der Waals surface area contributed by atoms with Crippen molar-refractivity contribution in [1.29, 1.82) is 0 Å². The molecule has 0 radical (unpaired) electrons. The van der Waals surface area contributed by atoms with Gasteiger partial charge in [0.1, 0.15) is 0 Å². The standard InChI is InChI=1S/C16H20F3N3/c1-3-4-8-22(2)11-13-10-20-21-15(13)12-6-5-7-14(9-12)16(17,18)19/h5-7,9-10H,3-4,8,11H2,1-2H3,(H,20,21). The first-order valence-electron chi connectivity index (χ1n) is 7.30. The first-order valence-corrected chi connectivity index (χ1v) is 7.30. The van der Waals surface area contributed by atoms with Crippen LogP contribution in [0.2, 0.25) is 0 Å². The van der Waals surface area contributed by atoms with Gasteiger partial charge in [-0.25, -0.2) is 0 Å². The summed E-state index contributed by atoms with van der Waals surface area (Å²) in [5, 5.41) is 6.81. The van der Waals surface area contributed by atoms with Crippen molar-refractivity contribution in [1.82, 2.24) is 15.1 Å². The zero-order chi connectivity index (χ0) is 16.2. The summed E-state index contributed by atoms with van der Waals surface area (Å²) in [5.74, 6) is 0. The number of aromatic amines is 1. The molecule has 1 heterocycles. The summed E-state index contributed by atoms with van der Waals surface area (Å²) in [5.41, 5.74) is 1.41. The fourth-order valence-corrected chi connectivity index (χ4v) is 2.33. The Balaban J connectivity index is 2.22. The second-order valence-corrected chi connectivity index (χ2v) is 5.44. The molecule has 6 heteroatoms. The van der Waals surface area contributed by atoms with Crippen molar-refractivity contribution >= 4 is 0 Å². The minimum absolute atomic E-state index is 0.506. The minimum atomic E-state index is -4.34. The molecular formula is C16H20F3N3. The number of H-pyrrole nitrogens is 1. The van der Waals surface area contributed by atoms with Gasteiger partial charge in [0.2, 0.25) is 0 Å². The highest BCUT2D eigenvalue weighted by Gasteiger charge is 2.30. The molecule has 0 fully saturated rings. The molecule has 0 aliphatic heterocycles. The lowest BCUT2D eigenvalue weighted by Crippen LogP contribution is -2.19. The molecule has 0 amide bonds. The van der Waals surface area contributed by atoms with Crippen LogP contribution in [-0.4, -0.2) is 28.7 Å². The molecule has 1 aromatic heterocycles. The summed E-state index contributed by atoms with van der Waals surface area (Å²) in [6.07, 6.45) is -0.463. The van der Waals surface area contributed by atoms with Gasteiger partial charge < -0.3 is 4.90 Å². The molecule has 0 spiro atoms. The molecular weight excluding hydrogens is 291 g/mol. The number of benzene rings is 1. The van der Waals surface area contributed by atoms with E-state index in [0.29, 0.717) is 17.8 Å². The van der Waals surface area contributed by atoms with Gasteiger partial charge in [0.05, 0.1) is 17.5 Å². The van der Waals surface area contributed by atoms with E-state index in [4.69, 9.17) is 0 Å². The average molecular weight is 311 g/mol. The third-order valence-corrected chi connectivity index (χ3v) is 3.53. The molecule has 0 aliphatic carbocycles. The van der Waals surface area contributed by atoms with Crippen LogP contribution in [0.5, 0.6) is 0 Å². The van der Waals surface area contributed by atoms with Crippen LogP contribution in [0.4, 0.5) is 13.2 Å². The van der Waals surface area contributed by atoms with E-state index in [9.17, 15) is 13.2 Å². The van der Waals surface area contributed by atoms with Crippen molar-refractivity contribution in [3.8, 4) is 11.3 Å². The first-order chi connectivity index (χ1) is 10.4. The highest BCUT2D eigenvalue weighted by atomic mass is 19.4. The van der Waals surface area contributed by atoms with Gasteiger partial charge >= 0.3 is 6.18 Å². The SMILES string of the molecule is CCCCN(C)Cc1cn[nH]c1-c1cccc(C(F)(F)F)c1. The lowest BCUT2D eigenvalue weighted by Gasteiger charge is -2.16. The number of nitrogens with zero attached hydrogens (tertiary/aromatic N) is 2. The maximum atomic E-state index is 12.8. The van der Waals surface area contributed by atoms with Crippen LogP contribution in [0, 0.1) is 0 Å². The topological polar surface area (TPSA) is 31.9 Å². The molecule has 0 saturated heterocycles. The fourth-order valence-electron chi connectivity index (χ4n) is 2.33. The molecule has 0 atom stereocenters. The molecule has 0 unspecified atom stereocenters. The van der Waals surface area contributed by atoms with Gasteiger partial charge in [0, 0.05) is 17.7 Å². The minimum Gasteiger partial charge on any atom is -0.302 e. The van der Waals surface area contributed by atoms with Crippen LogP contribution in [0.3, 0.4) is 0 Å². The summed E-state index contributed by atoms with van der Waals surface area (Å²) in [6.45, 7) is 3.73. The number of halogens is 3. The second-order valence-electron chi connectivity index (χ2n) is 5.44. The number of rotatable bonds is 6. The van der Waals surface area contributed by atoms with E-state index in [1.807, 2.05) is 7.05 Å². The van der Waals surface area contributed by atoms with Gasteiger partial charge in [-0.2, -0.15) is 18.3 Å². The molecule has 22 heavy (non-hydrogen) atoms. The lowest BCUT2D eigenvalue weighted by atomic mass is 10.0. The zero-order valence-corrected chi connectivity index (χ0v) is 12.7. The Morgan fingerprint density at radius 2 is 2.05 bits per heavy atom. The summed E-state index contributed by atoms with van der Waals surface area (Å²) < 4.78 is 38.5. The van der Waals surface area contributed by atoms with Gasteiger partial charge in [-0.3, -0.25) is 5.10 Å². The van der Waals surface area contributed by atoms with Crippen LogP contribution in [0.25, 0.3) is 11.3 Å². The largest absolute Gasteiger partial charge is 0.416 e. The number of hydrogen-bond donors (Lipinski definition) is 1. The van der Waals surface area contributed by atoms with Crippen molar-refractivity contribution in [2.75, 3.05) is 13.6 Å². The number of alkyl halides is 3. The normalized spacial score (nSPS) is 12.1. The average Bonchev–Trinajstić information content (AvgIpc) is 2.92. The van der Waals surface area contributed by atoms with Crippen molar-refractivity contribution in [2.24, 2.45) is 0 Å². The van der Waals surface area contributed by atoms with E-state index in [1.54, 1.807) is 12.3 Å². The third-order valence-electron chi connectivity index (χ3n) is 3.53.